The molecule has 17 heavy (non-hydrogen) atoms. The summed E-state index contributed by atoms with van der Waals surface area (Å²) in [5, 5.41) is 12.4. The zero-order chi connectivity index (χ0) is 12.4. The van der Waals surface area contributed by atoms with Crippen LogP contribution in [0.1, 0.15) is 23.2 Å². The average molecular weight is 346 g/mol. The van der Waals surface area contributed by atoms with Crippen LogP contribution in [0.25, 0.3) is 0 Å². The van der Waals surface area contributed by atoms with Crippen molar-refractivity contribution in [2.45, 2.75) is 18.9 Å². The number of amides is 1. The van der Waals surface area contributed by atoms with Gasteiger partial charge in [0.05, 0.1) is 6.10 Å². The van der Waals surface area contributed by atoms with E-state index in [1.807, 2.05) is 0 Å². The zero-order valence-corrected chi connectivity index (χ0v) is 11.5. The molecule has 0 radical (unpaired) electrons. The highest BCUT2D eigenvalue weighted by atomic mass is 127. The molecule has 4 N–H and O–H groups in total. The number of nitrogens with two attached hydrogens (primary N) is 1. The Hall–Kier alpha value is -0.820. The monoisotopic (exact) mass is 346 g/mol. The molecule has 1 unspecified atom stereocenters. The summed E-state index contributed by atoms with van der Waals surface area (Å²) >= 11 is 2.09. The van der Waals surface area contributed by atoms with Gasteiger partial charge in [0.2, 0.25) is 0 Å². The second-order valence-corrected chi connectivity index (χ2v) is 5.51. The molecule has 1 aromatic carbocycles. The third-order valence-corrected chi connectivity index (χ3v) is 3.83. The molecule has 5 heteroatoms. The van der Waals surface area contributed by atoms with Gasteiger partial charge in [-0.25, -0.2) is 0 Å². The van der Waals surface area contributed by atoms with Crippen molar-refractivity contribution in [1.82, 2.24) is 5.32 Å². The Bertz CT molecular complexity index is 433. The van der Waals surface area contributed by atoms with Gasteiger partial charge in [-0.15, -0.1) is 0 Å². The molecular weight excluding hydrogens is 331 g/mol. The molecule has 2 rings (SSSR count). The summed E-state index contributed by atoms with van der Waals surface area (Å²) in [6.07, 6.45) is 1.72. The smallest absolute Gasteiger partial charge is 0.251 e. The third-order valence-electron chi connectivity index (χ3n) is 2.90. The van der Waals surface area contributed by atoms with E-state index in [4.69, 9.17) is 5.73 Å². The van der Waals surface area contributed by atoms with Crippen molar-refractivity contribution < 1.29 is 9.90 Å². The van der Waals surface area contributed by atoms with Crippen LogP contribution in [0, 0.1) is 9.49 Å². The SMILES string of the molecule is Nc1ccc(C(=O)NCC(O)C2CC2)cc1I. The van der Waals surface area contributed by atoms with Crippen molar-refractivity contribution in [2.24, 2.45) is 5.92 Å². The fraction of sp³-hybridized carbons (Fsp3) is 0.417. The molecule has 0 aliphatic heterocycles. The molecule has 0 saturated heterocycles. The molecule has 0 heterocycles. The molecular formula is C12H15IN2O2. The number of rotatable bonds is 4. The standard InChI is InChI=1S/C12H15IN2O2/c13-9-5-8(3-4-10(9)14)12(17)15-6-11(16)7-1-2-7/h3-5,7,11,16H,1-2,6,14H2,(H,15,17). The van der Waals surface area contributed by atoms with Crippen LogP contribution in [0.3, 0.4) is 0 Å². The maximum absolute atomic E-state index is 11.8. The molecule has 1 aliphatic rings. The van der Waals surface area contributed by atoms with Crippen molar-refractivity contribution in [1.29, 1.82) is 0 Å². The summed E-state index contributed by atoms with van der Waals surface area (Å²) in [5.41, 5.74) is 6.92. The summed E-state index contributed by atoms with van der Waals surface area (Å²) in [6.45, 7) is 0.324. The highest BCUT2D eigenvalue weighted by molar-refractivity contribution is 14.1. The van der Waals surface area contributed by atoms with Crippen molar-refractivity contribution in [3.05, 3.63) is 27.3 Å². The molecule has 1 atom stereocenters. The number of hydrogen-bond donors (Lipinski definition) is 3. The Morgan fingerprint density at radius 2 is 2.29 bits per heavy atom. The minimum Gasteiger partial charge on any atom is -0.398 e. The van der Waals surface area contributed by atoms with Gasteiger partial charge in [0.1, 0.15) is 0 Å². The molecule has 1 saturated carbocycles. The summed E-state index contributed by atoms with van der Waals surface area (Å²) < 4.78 is 0.859. The van der Waals surface area contributed by atoms with E-state index in [2.05, 4.69) is 27.9 Å². The molecule has 92 valence electrons. The second-order valence-electron chi connectivity index (χ2n) is 4.35. The van der Waals surface area contributed by atoms with Crippen LogP contribution >= 0.6 is 22.6 Å². The summed E-state index contributed by atoms with van der Waals surface area (Å²) in [7, 11) is 0. The van der Waals surface area contributed by atoms with E-state index in [1.54, 1.807) is 18.2 Å². The number of carbonyl (C=O) groups is 1. The topological polar surface area (TPSA) is 75.4 Å². The number of nitrogen functional groups attached to an aromatic ring is 1. The zero-order valence-electron chi connectivity index (χ0n) is 9.32. The Morgan fingerprint density at radius 3 is 2.88 bits per heavy atom. The summed E-state index contributed by atoms with van der Waals surface area (Å²) in [5.74, 6) is 0.212. The number of benzene rings is 1. The van der Waals surface area contributed by atoms with Crippen LogP contribution < -0.4 is 11.1 Å². The maximum Gasteiger partial charge on any atom is 0.251 e. The molecule has 1 aromatic rings. The van der Waals surface area contributed by atoms with E-state index >= 15 is 0 Å². The maximum atomic E-state index is 11.8. The Labute approximate surface area is 114 Å². The minimum absolute atomic E-state index is 0.164. The number of nitrogens with one attached hydrogen (secondary N) is 1. The molecule has 0 bridgehead atoms. The van der Waals surface area contributed by atoms with E-state index in [0.29, 0.717) is 23.7 Å². The fourth-order valence-electron chi connectivity index (χ4n) is 1.62. The molecule has 1 aliphatic carbocycles. The number of anilines is 1. The van der Waals surface area contributed by atoms with Crippen LogP contribution in [0.15, 0.2) is 18.2 Å². The first kappa shape index (κ1) is 12.6. The van der Waals surface area contributed by atoms with Crippen molar-refractivity contribution in [3.63, 3.8) is 0 Å². The van der Waals surface area contributed by atoms with Gasteiger partial charge in [0.25, 0.3) is 5.91 Å². The van der Waals surface area contributed by atoms with Crippen LogP contribution in [0.2, 0.25) is 0 Å². The van der Waals surface area contributed by atoms with Gasteiger partial charge >= 0.3 is 0 Å². The lowest BCUT2D eigenvalue weighted by atomic mass is 10.2. The first-order chi connectivity index (χ1) is 8.08. The van der Waals surface area contributed by atoms with Gasteiger partial charge in [-0.1, -0.05) is 0 Å². The lowest BCUT2D eigenvalue weighted by Crippen LogP contribution is -2.33. The average Bonchev–Trinajstić information content (AvgIpc) is 3.13. The van der Waals surface area contributed by atoms with Crippen LogP contribution in [-0.4, -0.2) is 23.7 Å². The largest absolute Gasteiger partial charge is 0.398 e. The molecule has 0 spiro atoms. The Kier molecular flexibility index (Phi) is 3.88. The summed E-state index contributed by atoms with van der Waals surface area (Å²) in [6, 6.07) is 5.15. The van der Waals surface area contributed by atoms with Gasteiger partial charge in [0, 0.05) is 21.4 Å². The van der Waals surface area contributed by atoms with E-state index in [1.165, 1.54) is 0 Å². The first-order valence-corrected chi connectivity index (χ1v) is 6.67. The van der Waals surface area contributed by atoms with Crippen molar-refractivity contribution in [2.75, 3.05) is 12.3 Å². The minimum atomic E-state index is -0.410. The second kappa shape index (κ2) is 5.22. The number of carbonyl (C=O) groups excluding carboxylic acids is 1. The lowest BCUT2D eigenvalue weighted by Gasteiger charge is -2.11. The number of halogens is 1. The molecule has 1 amide bonds. The number of aliphatic hydroxyl groups excluding tert-OH is 1. The van der Waals surface area contributed by atoms with E-state index in [-0.39, 0.29) is 5.91 Å². The van der Waals surface area contributed by atoms with Crippen LogP contribution in [0.4, 0.5) is 5.69 Å². The lowest BCUT2D eigenvalue weighted by molar-refractivity contribution is 0.0901. The van der Waals surface area contributed by atoms with Crippen molar-refractivity contribution >= 4 is 34.2 Å². The van der Waals surface area contributed by atoms with Gasteiger partial charge in [0.15, 0.2) is 0 Å². The highest BCUT2D eigenvalue weighted by Gasteiger charge is 2.29. The van der Waals surface area contributed by atoms with Gasteiger partial charge < -0.3 is 16.2 Å². The molecule has 0 aromatic heterocycles. The van der Waals surface area contributed by atoms with Crippen molar-refractivity contribution in [3.8, 4) is 0 Å². The molecule has 4 nitrogen and oxygen atoms in total. The fourth-order valence-corrected chi connectivity index (χ4v) is 2.13. The predicted octanol–water partition coefficient (Wildman–Crippen LogP) is 1.37. The quantitative estimate of drug-likeness (QED) is 0.570. The van der Waals surface area contributed by atoms with E-state index < -0.39 is 6.10 Å². The van der Waals surface area contributed by atoms with Gasteiger partial charge in [-0.2, -0.15) is 0 Å². The predicted molar refractivity (Wildman–Crippen MR) is 74.6 cm³/mol. The number of hydrogen-bond acceptors (Lipinski definition) is 3. The van der Waals surface area contributed by atoms with E-state index in [9.17, 15) is 9.90 Å². The van der Waals surface area contributed by atoms with Gasteiger partial charge in [-0.3, -0.25) is 4.79 Å². The first-order valence-electron chi connectivity index (χ1n) is 5.59. The Morgan fingerprint density at radius 1 is 1.59 bits per heavy atom. The Balaban J connectivity index is 1.92. The van der Waals surface area contributed by atoms with Crippen LogP contribution in [0.5, 0.6) is 0 Å². The molecule has 1 fully saturated rings. The van der Waals surface area contributed by atoms with Gasteiger partial charge in [-0.05, 0) is 59.5 Å². The highest BCUT2D eigenvalue weighted by Crippen LogP contribution is 2.32. The van der Waals surface area contributed by atoms with E-state index in [0.717, 1.165) is 16.4 Å². The number of aliphatic hydroxyl groups is 1. The summed E-state index contributed by atoms with van der Waals surface area (Å²) in [4.78, 5) is 11.8. The third kappa shape index (κ3) is 3.32. The van der Waals surface area contributed by atoms with Crippen LogP contribution in [-0.2, 0) is 0 Å². The normalized spacial score (nSPS) is 16.6.